The monoisotopic (exact) mass is 498 g/mol. The molecule has 2 nitrogen and oxygen atoms in total. The van der Waals surface area contributed by atoms with Crippen LogP contribution in [0.4, 0.5) is 4.39 Å². The van der Waals surface area contributed by atoms with Gasteiger partial charge in [-0.15, -0.1) is 0 Å². The highest BCUT2D eigenvalue weighted by Crippen LogP contribution is 2.48. The van der Waals surface area contributed by atoms with E-state index in [9.17, 15) is 9.90 Å². The second kappa shape index (κ2) is 12.9. The molecule has 3 aliphatic carbocycles. The van der Waals surface area contributed by atoms with Crippen LogP contribution in [0.5, 0.6) is 0 Å². The van der Waals surface area contributed by atoms with Crippen molar-refractivity contribution in [3.05, 3.63) is 35.1 Å². The van der Waals surface area contributed by atoms with Crippen molar-refractivity contribution >= 4 is 5.97 Å². The van der Waals surface area contributed by atoms with Gasteiger partial charge >= 0.3 is 5.97 Å². The summed E-state index contributed by atoms with van der Waals surface area (Å²) in [6.45, 7) is 4.56. The van der Waals surface area contributed by atoms with Gasteiger partial charge in [-0.1, -0.05) is 90.2 Å². The summed E-state index contributed by atoms with van der Waals surface area (Å²) < 4.78 is 15.2. The third-order valence-corrected chi connectivity index (χ3v) is 10.6. The van der Waals surface area contributed by atoms with E-state index in [4.69, 9.17) is 0 Å². The maximum absolute atomic E-state index is 15.2. The van der Waals surface area contributed by atoms with Crippen molar-refractivity contribution in [1.29, 1.82) is 0 Å². The van der Waals surface area contributed by atoms with E-state index < -0.39 is 11.4 Å². The van der Waals surface area contributed by atoms with Crippen LogP contribution < -0.4 is 0 Å². The van der Waals surface area contributed by atoms with Gasteiger partial charge in [0.25, 0.3) is 0 Å². The molecule has 3 heteroatoms. The van der Waals surface area contributed by atoms with Crippen molar-refractivity contribution in [2.45, 2.75) is 135 Å². The molecule has 202 valence electrons. The lowest BCUT2D eigenvalue weighted by Gasteiger charge is -2.42. The maximum atomic E-state index is 15.2. The van der Waals surface area contributed by atoms with E-state index in [0.29, 0.717) is 24.3 Å². The Balaban J connectivity index is 1.32. The number of carboxylic acid groups (broad SMARTS) is 1. The Morgan fingerprint density at radius 1 is 0.806 bits per heavy atom. The van der Waals surface area contributed by atoms with Gasteiger partial charge in [0, 0.05) is 0 Å². The van der Waals surface area contributed by atoms with Crippen LogP contribution in [0.15, 0.2) is 18.2 Å². The molecule has 4 rings (SSSR count). The van der Waals surface area contributed by atoms with Crippen LogP contribution in [0.1, 0.15) is 134 Å². The van der Waals surface area contributed by atoms with Gasteiger partial charge in [-0.25, -0.2) is 4.39 Å². The fraction of sp³-hybridized carbons (Fsp3) is 0.788. The zero-order valence-corrected chi connectivity index (χ0v) is 23.1. The summed E-state index contributed by atoms with van der Waals surface area (Å²) >= 11 is 0. The third kappa shape index (κ3) is 6.54. The normalized spacial score (nSPS) is 33.4. The summed E-state index contributed by atoms with van der Waals surface area (Å²) in [5, 5.41) is 10.3. The molecule has 36 heavy (non-hydrogen) atoms. The number of aryl methyl sites for hydroxylation is 1. The number of benzene rings is 1. The fourth-order valence-corrected chi connectivity index (χ4v) is 8.21. The SMILES string of the molecule is CCCC1CCC(CCc2ccc(C3(C(=O)O)CCC(C4CCC(CCC)CC4)CC3)cc2F)CC1. The van der Waals surface area contributed by atoms with E-state index in [2.05, 4.69) is 13.8 Å². The average Bonchev–Trinajstić information content (AvgIpc) is 2.89. The van der Waals surface area contributed by atoms with Gasteiger partial charge in [0.15, 0.2) is 0 Å². The summed E-state index contributed by atoms with van der Waals surface area (Å²) in [4.78, 5) is 12.6. The van der Waals surface area contributed by atoms with E-state index in [1.54, 1.807) is 6.07 Å². The Morgan fingerprint density at radius 2 is 1.31 bits per heavy atom. The lowest BCUT2D eigenvalue weighted by molar-refractivity contribution is -0.146. The van der Waals surface area contributed by atoms with Crippen LogP contribution in [0, 0.1) is 35.4 Å². The third-order valence-electron chi connectivity index (χ3n) is 10.6. The van der Waals surface area contributed by atoms with Crippen LogP contribution in [0.2, 0.25) is 0 Å². The first-order chi connectivity index (χ1) is 17.4. The van der Waals surface area contributed by atoms with Crippen molar-refractivity contribution in [3.63, 3.8) is 0 Å². The van der Waals surface area contributed by atoms with E-state index >= 15 is 4.39 Å². The van der Waals surface area contributed by atoms with Gasteiger partial charge in [0.05, 0.1) is 5.41 Å². The Labute approximate surface area is 219 Å². The Bertz CT molecular complexity index is 824. The Kier molecular flexibility index (Phi) is 9.92. The van der Waals surface area contributed by atoms with Crippen molar-refractivity contribution in [2.24, 2.45) is 29.6 Å². The minimum Gasteiger partial charge on any atom is -0.481 e. The molecule has 1 N–H and O–H groups in total. The predicted molar refractivity (Wildman–Crippen MR) is 147 cm³/mol. The number of aliphatic carboxylic acids is 1. The van der Waals surface area contributed by atoms with Gasteiger partial charge in [-0.3, -0.25) is 4.79 Å². The topological polar surface area (TPSA) is 37.3 Å². The molecule has 0 bridgehead atoms. The second-order valence-corrected chi connectivity index (χ2v) is 12.8. The molecule has 0 radical (unpaired) electrons. The van der Waals surface area contributed by atoms with E-state index in [-0.39, 0.29) is 5.82 Å². The standard InChI is InChI=1S/C33H51FO2/c1-3-5-24-7-9-26(10-8-24)13-16-29-17-18-30(23-31(29)34)33(32(35)36)21-19-28(20-22-33)27-14-11-25(6-4-2)12-15-27/h17-18,23-28H,3-16,19-22H2,1-2H3,(H,35,36). The molecule has 0 atom stereocenters. The molecule has 1 aromatic rings. The van der Waals surface area contributed by atoms with Crippen molar-refractivity contribution in [3.8, 4) is 0 Å². The molecule has 0 saturated heterocycles. The van der Waals surface area contributed by atoms with Crippen LogP contribution in [-0.2, 0) is 16.6 Å². The Hall–Kier alpha value is -1.38. The molecule has 3 saturated carbocycles. The number of halogens is 1. The van der Waals surface area contributed by atoms with Gasteiger partial charge in [0.2, 0.25) is 0 Å². The first-order valence-electron chi connectivity index (χ1n) is 15.5. The molecule has 0 aliphatic heterocycles. The minimum atomic E-state index is -0.910. The van der Waals surface area contributed by atoms with Crippen LogP contribution in [-0.4, -0.2) is 11.1 Å². The summed E-state index contributed by atoms with van der Waals surface area (Å²) in [5.74, 6) is 2.99. The number of hydrogen-bond donors (Lipinski definition) is 1. The van der Waals surface area contributed by atoms with Gasteiger partial charge in [0.1, 0.15) is 5.82 Å². The predicted octanol–water partition coefficient (Wildman–Crippen LogP) is 9.48. The lowest BCUT2D eigenvalue weighted by Crippen LogP contribution is -2.41. The molecule has 3 aliphatic rings. The molecule has 0 heterocycles. The fourth-order valence-electron chi connectivity index (χ4n) is 8.21. The molecule has 3 fully saturated rings. The molecular formula is C33H51FO2. The van der Waals surface area contributed by atoms with E-state index in [1.807, 2.05) is 12.1 Å². The first-order valence-corrected chi connectivity index (χ1v) is 15.5. The molecule has 0 aromatic heterocycles. The van der Waals surface area contributed by atoms with Gasteiger partial charge < -0.3 is 5.11 Å². The number of hydrogen-bond acceptors (Lipinski definition) is 1. The number of carbonyl (C=O) groups is 1. The summed E-state index contributed by atoms with van der Waals surface area (Å²) in [7, 11) is 0. The molecular weight excluding hydrogens is 447 g/mol. The largest absolute Gasteiger partial charge is 0.481 e. The average molecular weight is 499 g/mol. The quantitative estimate of drug-likeness (QED) is 0.349. The van der Waals surface area contributed by atoms with Crippen molar-refractivity contribution < 1.29 is 14.3 Å². The summed E-state index contributed by atoms with van der Waals surface area (Å²) in [6, 6.07) is 5.43. The lowest BCUT2D eigenvalue weighted by atomic mass is 9.62. The maximum Gasteiger partial charge on any atom is 0.314 e. The molecule has 1 aromatic carbocycles. The smallest absolute Gasteiger partial charge is 0.314 e. The summed E-state index contributed by atoms with van der Waals surface area (Å²) in [5.41, 5.74) is 0.557. The Morgan fingerprint density at radius 3 is 1.81 bits per heavy atom. The van der Waals surface area contributed by atoms with Gasteiger partial charge in [-0.2, -0.15) is 0 Å². The highest BCUT2D eigenvalue weighted by atomic mass is 19.1. The van der Waals surface area contributed by atoms with Crippen LogP contribution >= 0.6 is 0 Å². The van der Waals surface area contributed by atoms with Crippen molar-refractivity contribution in [1.82, 2.24) is 0 Å². The van der Waals surface area contributed by atoms with Crippen molar-refractivity contribution in [2.75, 3.05) is 0 Å². The van der Waals surface area contributed by atoms with Crippen LogP contribution in [0.3, 0.4) is 0 Å². The second-order valence-electron chi connectivity index (χ2n) is 12.8. The highest BCUT2D eigenvalue weighted by Gasteiger charge is 2.45. The van der Waals surface area contributed by atoms with Crippen LogP contribution in [0.25, 0.3) is 0 Å². The molecule has 0 amide bonds. The zero-order chi connectivity index (χ0) is 25.5. The first kappa shape index (κ1) is 27.6. The molecule has 0 unspecified atom stereocenters. The molecule has 0 spiro atoms. The van der Waals surface area contributed by atoms with E-state index in [1.165, 1.54) is 77.0 Å². The van der Waals surface area contributed by atoms with E-state index in [0.717, 1.165) is 54.9 Å². The minimum absolute atomic E-state index is 0.191. The van der Waals surface area contributed by atoms with Gasteiger partial charge in [-0.05, 0) is 98.1 Å². The zero-order valence-electron chi connectivity index (χ0n) is 23.1. The summed E-state index contributed by atoms with van der Waals surface area (Å²) in [6.07, 6.45) is 21.0. The highest BCUT2D eigenvalue weighted by molar-refractivity contribution is 5.81. The number of rotatable bonds is 10. The number of carboxylic acids is 1.